The van der Waals surface area contributed by atoms with Crippen molar-refractivity contribution in [3.63, 3.8) is 0 Å². The Hall–Kier alpha value is -2.33. The SMILES string of the molecule is CSc1cc(C(=O)CSc2nnc(CCC(N)=O)n2CC(C)C)ccc1NC(C)=O. The number of aryl methyl sites for hydroxylation is 1. The summed E-state index contributed by atoms with van der Waals surface area (Å²) in [6, 6.07) is 5.25. The van der Waals surface area contributed by atoms with E-state index in [2.05, 4.69) is 29.4 Å². The lowest BCUT2D eigenvalue weighted by molar-refractivity contribution is -0.118. The average molecular weight is 450 g/mol. The Morgan fingerprint density at radius 2 is 1.97 bits per heavy atom. The van der Waals surface area contributed by atoms with E-state index in [0.717, 1.165) is 4.90 Å². The van der Waals surface area contributed by atoms with Crippen LogP contribution in [0.25, 0.3) is 0 Å². The number of thioether (sulfide) groups is 2. The number of ketones is 1. The predicted molar refractivity (Wildman–Crippen MR) is 120 cm³/mol. The van der Waals surface area contributed by atoms with Crippen molar-refractivity contribution in [1.82, 2.24) is 14.8 Å². The fourth-order valence-electron chi connectivity index (χ4n) is 2.77. The van der Waals surface area contributed by atoms with Gasteiger partial charge in [0.15, 0.2) is 10.9 Å². The Morgan fingerprint density at radius 1 is 1.23 bits per heavy atom. The summed E-state index contributed by atoms with van der Waals surface area (Å²) in [7, 11) is 0. The van der Waals surface area contributed by atoms with Gasteiger partial charge in [0.05, 0.1) is 11.4 Å². The maximum atomic E-state index is 12.7. The van der Waals surface area contributed by atoms with Gasteiger partial charge >= 0.3 is 0 Å². The zero-order chi connectivity index (χ0) is 22.3. The molecule has 1 aromatic carbocycles. The summed E-state index contributed by atoms with van der Waals surface area (Å²) in [5.41, 5.74) is 6.51. The van der Waals surface area contributed by atoms with E-state index in [4.69, 9.17) is 5.73 Å². The third-order valence-electron chi connectivity index (χ3n) is 4.10. The van der Waals surface area contributed by atoms with Crippen molar-refractivity contribution in [2.24, 2.45) is 11.7 Å². The normalized spacial score (nSPS) is 11.0. The molecule has 10 heteroatoms. The van der Waals surface area contributed by atoms with Gasteiger partial charge in [0.25, 0.3) is 0 Å². The standard InChI is InChI=1S/C20H27N5O3S2/c1-12(2)10-25-19(8-7-18(21)28)23-24-20(25)30-11-16(27)14-5-6-15(22-13(3)26)17(9-14)29-4/h5-6,9,12H,7-8,10-11H2,1-4H3,(H2,21,28)(H,22,26). The number of primary amides is 1. The van der Waals surface area contributed by atoms with Gasteiger partial charge in [0, 0.05) is 36.8 Å². The number of hydrogen-bond donors (Lipinski definition) is 2. The van der Waals surface area contributed by atoms with Crippen molar-refractivity contribution in [3.05, 3.63) is 29.6 Å². The fourth-order valence-corrected chi connectivity index (χ4v) is 4.21. The van der Waals surface area contributed by atoms with E-state index >= 15 is 0 Å². The number of nitrogens with two attached hydrogens (primary N) is 1. The van der Waals surface area contributed by atoms with Gasteiger partial charge in [-0.2, -0.15) is 0 Å². The van der Waals surface area contributed by atoms with Gasteiger partial charge in [0.1, 0.15) is 5.82 Å². The minimum absolute atomic E-state index is 0.0394. The molecule has 2 rings (SSSR count). The minimum Gasteiger partial charge on any atom is -0.370 e. The van der Waals surface area contributed by atoms with Crippen LogP contribution in [0.1, 0.15) is 43.4 Å². The molecule has 8 nitrogen and oxygen atoms in total. The molecule has 0 saturated heterocycles. The van der Waals surface area contributed by atoms with E-state index in [1.807, 2.05) is 10.8 Å². The largest absolute Gasteiger partial charge is 0.370 e. The molecule has 0 aliphatic rings. The molecule has 2 aromatic rings. The second kappa shape index (κ2) is 11.2. The van der Waals surface area contributed by atoms with Gasteiger partial charge in [-0.3, -0.25) is 14.4 Å². The molecule has 0 aliphatic heterocycles. The third kappa shape index (κ3) is 6.88. The second-order valence-electron chi connectivity index (χ2n) is 7.18. The highest BCUT2D eigenvalue weighted by atomic mass is 32.2. The third-order valence-corrected chi connectivity index (χ3v) is 5.85. The smallest absolute Gasteiger partial charge is 0.221 e. The minimum atomic E-state index is -0.384. The Kier molecular flexibility index (Phi) is 8.91. The zero-order valence-corrected chi connectivity index (χ0v) is 19.2. The molecule has 0 fully saturated rings. The van der Waals surface area contributed by atoms with Crippen LogP contribution >= 0.6 is 23.5 Å². The van der Waals surface area contributed by atoms with Crippen molar-refractivity contribution in [2.75, 3.05) is 17.3 Å². The molecule has 1 aromatic heterocycles. The molecule has 0 radical (unpaired) electrons. The molecule has 0 atom stereocenters. The van der Waals surface area contributed by atoms with Crippen LogP contribution in [-0.4, -0.2) is 44.4 Å². The molecule has 0 bridgehead atoms. The summed E-state index contributed by atoms with van der Waals surface area (Å²) in [5, 5.41) is 11.8. The van der Waals surface area contributed by atoms with Crippen molar-refractivity contribution in [3.8, 4) is 0 Å². The number of rotatable bonds is 11. The zero-order valence-electron chi connectivity index (χ0n) is 17.6. The van der Waals surface area contributed by atoms with Gasteiger partial charge in [0.2, 0.25) is 11.8 Å². The Balaban J connectivity index is 2.13. The number of hydrogen-bond acceptors (Lipinski definition) is 7. The Morgan fingerprint density at radius 3 is 2.57 bits per heavy atom. The topological polar surface area (TPSA) is 120 Å². The molecular formula is C20H27N5O3S2. The molecule has 2 amide bonds. The molecule has 0 unspecified atom stereocenters. The number of aromatic nitrogens is 3. The number of nitrogens with one attached hydrogen (secondary N) is 1. The first kappa shape index (κ1) is 23.9. The van der Waals surface area contributed by atoms with Crippen LogP contribution in [0, 0.1) is 5.92 Å². The lowest BCUT2D eigenvalue weighted by atomic mass is 10.1. The highest BCUT2D eigenvalue weighted by molar-refractivity contribution is 7.99. The van der Waals surface area contributed by atoms with Crippen molar-refractivity contribution in [2.45, 2.75) is 50.2 Å². The second-order valence-corrected chi connectivity index (χ2v) is 8.97. The Labute approximate surface area is 184 Å². The molecular weight excluding hydrogens is 422 g/mol. The fraction of sp³-hybridized carbons (Fsp3) is 0.450. The monoisotopic (exact) mass is 449 g/mol. The molecule has 3 N–H and O–H groups in total. The van der Waals surface area contributed by atoms with E-state index in [0.29, 0.717) is 41.1 Å². The number of amides is 2. The molecule has 0 spiro atoms. The molecule has 162 valence electrons. The summed E-state index contributed by atoms with van der Waals surface area (Å²) in [5.74, 6) is 0.680. The van der Waals surface area contributed by atoms with Crippen molar-refractivity contribution >= 4 is 46.8 Å². The van der Waals surface area contributed by atoms with Crippen LogP contribution in [-0.2, 0) is 22.6 Å². The molecule has 1 heterocycles. The van der Waals surface area contributed by atoms with E-state index < -0.39 is 0 Å². The van der Waals surface area contributed by atoms with Gasteiger partial charge in [-0.15, -0.1) is 22.0 Å². The quantitative estimate of drug-likeness (QED) is 0.400. The first-order valence-corrected chi connectivity index (χ1v) is 11.7. The van der Waals surface area contributed by atoms with Gasteiger partial charge < -0.3 is 15.6 Å². The number of carbonyl (C=O) groups is 3. The maximum Gasteiger partial charge on any atom is 0.221 e. The lowest BCUT2D eigenvalue weighted by Gasteiger charge is -2.12. The van der Waals surface area contributed by atoms with Crippen LogP contribution in [0.5, 0.6) is 0 Å². The lowest BCUT2D eigenvalue weighted by Crippen LogP contribution is -2.15. The number of Topliss-reactive ketones (excluding diaryl/α,β-unsaturated/α-hetero) is 1. The maximum absolute atomic E-state index is 12.7. The van der Waals surface area contributed by atoms with Crippen molar-refractivity contribution in [1.29, 1.82) is 0 Å². The van der Waals surface area contributed by atoms with E-state index in [9.17, 15) is 14.4 Å². The van der Waals surface area contributed by atoms with Crippen LogP contribution in [0.4, 0.5) is 5.69 Å². The van der Waals surface area contributed by atoms with Crippen molar-refractivity contribution < 1.29 is 14.4 Å². The number of anilines is 1. The summed E-state index contributed by atoms with van der Waals surface area (Å²) < 4.78 is 1.96. The van der Waals surface area contributed by atoms with Crippen LogP contribution in [0.3, 0.4) is 0 Å². The number of nitrogens with zero attached hydrogens (tertiary/aromatic N) is 3. The van der Waals surface area contributed by atoms with Crippen LogP contribution in [0.15, 0.2) is 28.3 Å². The molecule has 0 saturated carbocycles. The summed E-state index contributed by atoms with van der Waals surface area (Å²) in [6.07, 6.45) is 2.52. The summed E-state index contributed by atoms with van der Waals surface area (Å²) >= 11 is 2.79. The number of benzene rings is 1. The summed E-state index contributed by atoms with van der Waals surface area (Å²) in [4.78, 5) is 36.0. The van der Waals surface area contributed by atoms with Gasteiger partial charge in [-0.25, -0.2) is 0 Å². The highest BCUT2D eigenvalue weighted by Gasteiger charge is 2.17. The van der Waals surface area contributed by atoms with E-state index in [-0.39, 0.29) is 29.8 Å². The van der Waals surface area contributed by atoms with Gasteiger partial charge in [-0.05, 0) is 30.4 Å². The number of carbonyl (C=O) groups excluding carboxylic acids is 3. The average Bonchev–Trinajstić information content (AvgIpc) is 3.05. The first-order chi connectivity index (χ1) is 14.2. The highest BCUT2D eigenvalue weighted by Crippen LogP contribution is 2.28. The van der Waals surface area contributed by atoms with Gasteiger partial charge in [-0.1, -0.05) is 25.6 Å². The Bertz CT molecular complexity index is 927. The van der Waals surface area contributed by atoms with E-state index in [1.165, 1.54) is 30.4 Å². The first-order valence-electron chi connectivity index (χ1n) is 9.53. The van der Waals surface area contributed by atoms with Crippen LogP contribution < -0.4 is 11.1 Å². The molecule has 0 aliphatic carbocycles. The summed E-state index contributed by atoms with van der Waals surface area (Å²) in [6.45, 7) is 6.31. The van der Waals surface area contributed by atoms with Crippen LogP contribution in [0.2, 0.25) is 0 Å². The predicted octanol–water partition coefficient (Wildman–Crippen LogP) is 3.01. The molecule has 30 heavy (non-hydrogen) atoms. The van der Waals surface area contributed by atoms with E-state index in [1.54, 1.807) is 18.2 Å².